The standard InChI is InChI=1S/C17H27N3O3.HI/c1-18-17(20(2)11-13-7-9-23-12-13)19-8-6-14-4-5-15(22-3)10-16(14)21;/h4-5,10,13,21H,6-9,11-12H2,1-3H3,(H,18,19);1H. The Morgan fingerprint density at radius 2 is 2.29 bits per heavy atom. The van der Waals surface area contributed by atoms with Crippen LogP contribution in [0.2, 0.25) is 0 Å². The molecule has 0 spiro atoms. The van der Waals surface area contributed by atoms with Gasteiger partial charge in [-0.3, -0.25) is 4.99 Å². The third kappa shape index (κ3) is 6.01. The summed E-state index contributed by atoms with van der Waals surface area (Å²) in [5.74, 6) is 2.36. The maximum atomic E-state index is 9.98. The Balaban J connectivity index is 0.00000288. The zero-order chi connectivity index (χ0) is 16.7. The molecule has 0 radical (unpaired) electrons. The van der Waals surface area contributed by atoms with Gasteiger partial charge >= 0.3 is 0 Å². The van der Waals surface area contributed by atoms with Crippen molar-refractivity contribution in [2.75, 3.05) is 47.5 Å². The number of halogens is 1. The number of nitrogens with zero attached hydrogens (tertiary/aromatic N) is 2. The zero-order valence-corrected chi connectivity index (χ0v) is 16.9. The van der Waals surface area contributed by atoms with Crippen molar-refractivity contribution in [3.05, 3.63) is 23.8 Å². The molecule has 6 nitrogen and oxygen atoms in total. The molecule has 2 N–H and O–H groups in total. The van der Waals surface area contributed by atoms with Crippen LogP contribution >= 0.6 is 24.0 Å². The molecule has 1 unspecified atom stereocenters. The van der Waals surface area contributed by atoms with Gasteiger partial charge in [-0.2, -0.15) is 0 Å². The predicted octanol–water partition coefficient (Wildman–Crippen LogP) is 2.11. The summed E-state index contributed by atoms with van der Waals surface area (Å²) in [6.45, 7) is 3.34. The first-order valence-electron chi connectivity index (χ1n) is 7.99. The lowest BCUT2D eigenvalue weighted by molar-refractivity contribution is 0.181. The van der Waals surface area contributed by atoms with Gasteiger partial charge in [0.1, 0.15) is 11.5 Å². The van der Waals surface area contributed by atoms with Crippen molar-refractivity contribution in [3.8, 4) is 11.5 Å². The van der Waals surface area contributed by atoms with E-state index in [1.54, 1.807) is 20.2 Å². The van der Waals surface area contributed by atoms with Gasteiger partial charge in [-0.1, -0.05) is 6.07 Å². The summed E-state index contributed by atoms with van der Waals surface area (Å²) in [7, 11) is 5.42. The molecule has 0 saturated carbocycles. The third-order valence-corrected chi connectivity index (χ3v) is 4.10. The third-order valence-electron chi connectivity index (χ3n) is 4.10. The summed E-state index contributed by atoms with van der Waals surface area (Å²) >= 11 is 0. The van der Waals surface area contributed by atoms with E-state index in [0.717, 1.165) is 44.1 Å². The second kappa shape index (κ2) is 10.6. The molecular formula is C17H28IN3O3. The van der Waals surface area contributed by atoms with E-state index in [-0.39, 0.29) is 29.7 Å². The molecule has 1 saturated heterocycles. The smallest absolute Gasteiger partial charge is 0.193 e. The van der Waals surface area contributed by atoms with E-state index in [9.17, 15) is 5.11 Å². The number of benzene rings is 1. The van der Waals surface area contributed by atoms with Crippen LogP contribution < -0.4 is 10.1 Å². The highest BCUT2D eigenvalue weighted by Crippen LogP contribution is 2.23. The van der Waals surface area contributed by atoms with Gasteiger partial charge in [-0.25, -0.2) is 0 Å². The number of ether oxygens (including phenoxy) is 2. The minimum atomic E-state index is 0. The Hall–Kier alpha value is -1.22. The number of aliphatic imine (C=N–C) groups is 1. The van der Waals surface area contributed by atoms with Gasteiger partial charge in [0.15, 0.2) is 5.96 Å². The van der Waals surface area contributed by atoms with E-state index in [1.807, 2.05) is 19.2 Å². The van der Waals surface area contributed by atoms with E-state index in [4.69, 9.17) is 9.47 Å². The molecular weight excluding hydrogens is 421 g/mol. The number of hydrogen-bond donors (Lipinski definition) is 2. The van der Waals surface area contributed by atoms with Crippen molar-refractivity contribution < 1.29 is 14.6 Å². The fourth-order valence-electron chi connectivity index (χ4n) is 2.78. The van der Waals surface area contributed by atoms with E-state index in [2.05, 4.69) is 15.2 Å². The van der Waals surface area contributed by atoms with Gasteiger partial charge < -0.3 is 24.8 Å². The monoisotopic (exact) mass is 449 g/mol. The number of methoxy groups -OCH3 is 1. The molecule has 1 heterocycles. The second-order valence-electron chi connectivity index (χ2n) is 5.83. The summed E-state index contributed by atoms with van der Waals surface area (Å²) < 4.78 is 10.5. The van der Waals surface area contributed by atoms with Crippen molar-refractivity contribution in [2.24, 2.45) is 10.9 Å². The lowest BCUT2D eigenvalue weighted by atomic mass is 10.1. The molecule has 1 fully saturated rings. The van der Waals surface area contributed by atoms with Crippen LogP contribution in [0.3, 0.4) is 0 Å². The molecule has 1 aromatic rings. The van der Waals surface area contributed by atoms with Crippen molar-refractivity contribution in [2.45, 2.75) is 12.8 Å². The van der Waals surface area contributed by atoms with Crippen LogP contribution in [-0.4, -0.2) is 63.5 Å². The predicted molar refractivity (Wildman–Crippen MR) is 107 cm³/mol. The minimum Gasteiger partial charge on any atom is -0.508 e. The first kappa shape index (κ1) is 20.8. The Labute approximate surface area is 161 Å². The molecule has 0 bridgehead atoms. The number of rotatable bonds is 6. The SMILES string of the molecule is CN=C(NCCc1ccc(OC)cc1O)N(C)CC1CCOC1.I. The van der Waals surface area contributed by atoms with Gasteiger partial charge in [0.25, 0.3) is 0 Å². The number of aromatic hydroxyl groups is 1. The average Bonchev–Trinajstić information content (AvgIpc) is 3.05. The highest BCUT2D eigenvalue weighted by Gasteiger charge is 2.18. The fraction of sp³-hybridized carbons (Fsp3) is 0.588. The first-order chi connectivity index (χ1) is 11.1. The molecule has 1 aromatic carbocycles. The van der Waals surface area contributed by atoms with Crippen molar-refractivity contribution >= 4 is 29.9 Å². The molecule has 1 atom stereocenters. The molecule has 1 aliphatic rings. The van der Waals surface area contributed by atoms with Crippen LogP contribution in [0.25, 0.3) is 0 Å². The van der Waals surface area contributed by atoms with Crippen molar-refractivity contribution in [1.82, 2.24) is 10.2 Å². The van der Waals surface area contributed by atoms with Gasteiger partial charge in [0.05, 0.1) is 13.7 Å². The van der Waals surface area contributed by atoms with Crippen LogP contribution in [0, 0.1) is 5.92 Å². The lowest BCUT2D eigenvalue weighted by Crippen LogP contribution is -2.42. The quantitative estimate of drug-likeness (QED) is 0.396. The van der Waals surface area contributed by atoms with Gasteiger partial charge in [0, 0.05) is 45.8 Å². The average molecular weight is 449 g/mol. The zero-order valence-electron chi connectivity index (χ0n) is 14.6. The molecule has 0 aromatic heterocycles. The van der Waals surface area contributed by atoms with Crippen LogP contribution in [0.4, 0.5) is 0 Å². The maximum absolute atomic E-state index is 9.98. The Kier molecular flexibility index (Phi) is 9.20. The van der Waals surface area contributed by atoms with Crippen LogP contribution in [0.5, 0.6) is 11.5 Å². The summed E-state index contributed by atoms with van der Waals surface area (Å²) in [6, 6.07) is 5.38. The van der Waals surface area contributed by atoms with Gasteiger partial charge in [-0.05, 0) is 24.5 Å². The van der Waals surface area contributed by atoms with Gasteiger partial charge in [-0.15, -0.1) is 24.0 Å². The van der Waals surface area contributed by atoms with Crippen molar-refractivity contribution in [3.63, 3.8) is 0 Å². The maximum Gasteiger partial charge on any atom is 0.193 e. The number of guanidine groups is 1. The number of phenols is 1. The summed E-state index contributed by atoms with van der Waals surface area (Å²) in [5.41, 5.74) is 0.889. The molecule has 0 aliphatic carbocycles. The summed E-state index contributed by atoms with van der Waals surface area (Å²) in [6.07, 6.45) is 1.83. The fourth-order valence-corrected chi connectivity index (χ4v) is 2.78. The number of hydrogen-bond acceptors (Lipinski definition) is 4. The number of phenolic OH excluding ortho intramolecular Hbond substituents is 1. The largest absolute Gasteiger partial charge is 0.508 e. The van der Waals surface area contributed by atoms with E-state index in [0.29, 0.717) is 18.2 Å². The molecule has 24 heavy (non-hydrogen) atoms. The summed E-state index contributed by atoms with van der Waals surface area (Å²) in [4.78, 5) is 6.45. The molecule has 136 valence electrons. The normalized spacial score (nSPS) is 17.3. The van der Waals surface area contributed by atoms with Crippen LogP contribution in [-0.2, 0) is 11.2 Å². The Morgan fingerprint density at radius 3 is 2.88 bits per heavy atom. The highest BCUT2D eigenvalue weighted by atomic mass is 127. The van der Waals surface area contributed by atoms with Crippen LogP contribution in [0.15, 0.2) is 23.2 Å². The Bertz CT molecular complexity index is 534. The van der Waals surface area contributed by atoms with E-state index >= 15 is 0 Å². The second-order valence-corrected chi connectivity index (χ2v) is 5.83. The number of nitrogens with one attached hydrogen (secondary N) is 1. The van der Waals surface area contributed by atoms with E-state index in [1.165, 1.54) is 0 Å². The van der Waals surface area contributed by atoms with Gasteiger partial charge in [0.2, 0.25) is 0 Å². The van der Waals surface area contributed by atoms with E-state index < -0.39 is 0 Å². The minimum absolute atomic E-state index is 0. The summed E-state index contributed by atoms with van der Waals surface area (Å²) in [5, 5.41) is 13.3. The Morgan fingerprint density at radius 1 is 1.50 bits per heavy atom. The van der Waals surface area contributed by atoms with Crippen LogP contribution in [0.1, 0.15) is 12.0 Å². The molecule has 7 heteroatoms. The highest BCUT2D eigenvalue weighted by molar-refractivity contribution is 14.0. The lowest BCUT2D eigenvalue weighted by Gasteiger charge is -2.24. The molecule has 0 amide bonds. The first-order valence-corrected chi connectivity index (χ1v) is 7.99. The molecule has 2 rings (SSSR count). The molecule has 1 aliphatic heterocycles. The van der Waals surface area contributed by atoms with Crippen molar-refractivity contribution in [1.29, 1.82) is 0 Å². The topological polar surface area (TPSA) is 66.3 Å².